The highest BCUT2D eigenvalue weighted by molar-refractivity contribution is 5.99. The first-order chi connectivity index (χ1) is 16.3. The van der Waals surface area contributed by atoms with E-state index in [0.717, 1.165) is 15.7 Å². The van der Waals surface area contributed by atoms with Crippen molar-refractivity contribution in [2.24, 2.45) is 0 Å². The number of nitrogen functional groups attached to an aromatic ring is 1. The quantitative estimate of drug-likeness (QED) is 0.542. The van der Waals surface area contributed by atoms with Crippen molar-refractivity contribution >= 4 is 29.0 Å². The van der Waals surface area contributed by atoms with Gasteiger partial charge >= 0.3 is 17.8 Å². The minimum Gasteiger partial charge on any atom is -0.383 e. The second-order valence-electron chi connectivity index (χ2n) is 7.82. The Morgan fingerprint density at radius 3 is 2.26 bits per heavy atom. The molecule has 192 valence electrons. The summed E-state index contributed by atoms with van der Waals surface area (Å²) in [7, 11) is 1.20. The molecule has 2 rings (SSSR count). The highest BCUT2D eigenvalue weighted by atomic mass is 19.4. The van der Waals surface area contributed by atoms with Crippen LogP contribution in [0.25, 0.3) is 0 Å². The van der Waals surface area contributed by atoms with Crippen LogP contribution in [0.2, 0.25) is 0 Å². The van der Waals surface area contributed by atoms with Gasteiger partial charge in [-0.2, -0.15) is 13.2 Å². The number of amides is 2. The Balaban J connectivity index is 2.66. The number of nitrogens with one attached hydrogen (secondary N) is 1. The van der Waals surface area contributed by atoms with Gasteiger partial charge in [0, 0.05) is 25.9 Å². The van der Waals surface area contributed by atoms with Gasteiger partial charge in [0.05, 0.1) is 6.61 Å². The average molecular weight is 499 g/mol. The maximum Gasteiger partial charge on any atom is 0.471 e. The molecule has 0 radical (unpaired) electrons. The number of rotatable bonds is 9. The highest BCUT2D eigenvalue weighted by Gasteiger charge is 2.44. The summed E-state index contributed by atoms with van der Waals surface area (Å²) < 4.78 is 46.1. The van der Waals surface area contributed by atoms with Crippen LogP contribution in [0.5, 0.6) is 0 Å². The number of methoxy groups -OCH3 is 1. The summed E-state index contributed by atoms with van der Waals surface area (Å²) in [6.45, 7) is 3.31. The molecule has 13 heteroatoms. The maximum absolute atomic E-state index is 13.3. The molecule has 3 N–H and O–H groups in total. The Hall–Kier alpha value is -3.61. The summed E-state index contributed by atoms with van der Waals surface area (Å²) in [5.41, 5.74) is 4.74. The van der Waals surface area contributed by atoms with E-state index in [1.807, 2.05) is 0 Å². The molecule has 1 heterocycles. The zero-order valence-corrected chi connectivity index (χ0v) is 19.9. The number of nitrogens with zero attached hydrogens (tertiary/aromatic N) is 3. The van der Waals surface area contributed by atoms with Crippen LogP contribution in [0.1, 0.15) is 24.5 Å². The largest absolute Gasteiger partial charge is 0.471 e. The number of benzene rings is 1. The van der Waals surface area contributed by atoms with Crippen LogP contribution in [-0.4, -0.2) is 47.4 Å². The number of hydrogen-bond acceptors (Lipinski definition) is 6. The minimum atomic E-state index is -5.33. The van der Waals surface area contributed by atoms with E-state index in [9.17, 15) is 32.3 Å². The summed E-state index contributed by atoms with van der Waals surface area (Å²) in [5.74, 6) is -3.72. The number of ether oxygens (including phenoxy) is 1. The van der Waals surface area contributed by atoms with Gasteiger partial charge in [-0.25, -0.2) is 9.36 Å². The molecule has 0 bridgehead atoms. The summed E-state index contributed by atoms with van der Waals surface area (Å²) in [6, 6.07) is 5.29. The lowest BCUT2D eigenvalue weighted by atomic mass is 10.1. The number of alkyl halides is 3. The number of hydrogen-bond donors (Lipinski definition) is 2. The Morgan fingerprint density at radius 2 is 1.74 bits per heavy atom. The van der Waals surface area contributed by atoms with Crippen LogP contribution in [-0.2, 0) is 27.4 Å². The number of aryl methyl sites for hydroxylation is 2. The molecule has 1 aromatic carbocycles. The fourth-order valence-corrected chi connectivity index (χ4v) is 3.52. The zero-order valence-electron chi connectivity index (χ0n) is 19.9. The first-order valence-corrected chi connectivity index (χ1v) is 10.7. The molecule has 2 aromatic rings. The molecule has 2 amide bonds. The van der Waals surface area contributed by atoms with Gasteiger partial charge in [0.15, 0.2) is 5.69 Å². The molecule has 0 unspecified atom stereocenters. The Bertz CT molecular complexity index is 1200. The minimum absolute atomic E-state index is 0.0607. The van der Waals surface area contributed by atoms with Gasteiger partial charge in [-0.1, -0.05) is 25.1 Å². The number of carbonyl (C=O) groups excluding carboxylic acids is 2. The molecular weight excluding hydrogens is 471 g/mol. The molecule has 1 aromatic heterocycles. The SMILES string of the molecule is CCCn1c(N)c(N(CCOC)C(=O)C(F)(F)F)c(=O)n(CC(=O)Nc2c(C)cccc2C)c1=O. The summed E-state index contributed by atoms with van der Waals surface area (Å²) in [5, 5.41) is 2.62. The number of anilines is 3. The predicted octanol–water partition coefficient (Wildman–Crippen LogP) is 1.80. The van der Waals surface area contributed by atoms with Crippen molar-refractivity contribution in [3.8, 4) is 0 Å². The van der Waals surface area contributed by atoms with Crippen LogP contribution in [0.15, 0.2) is 27.8 Å². The maximum atomic E-state index is 13.3. The number of nitrogens with two attached hydrogens (primary N) is 1. The molecule has 0 saturated heterocycles. The third-order valence-electron chi connectivity index (χ3n) is 5.21. The third-order valence-corrected chi connectivity index (χ3v) is 5.21. The third kappa shape index (κ3) is 6.10. The fraction of sp³-hybridized carbons (Fsp3) is 0.455. The van der Waals surface area contributed by atoms with Crippen molar-refractivity contribution < 1.29 is 27.5 Å². The molecule has 0 atom stereocenters. The summed E-state index contributed by atoms with van der Waals surface area (Å²) in [6.07, 6.45) is -5.00. The first-order valence-electron chi connectivity index (χ1n) is 10.7. The second-order valence-corrected chi connectivity index (χ2v) is 7.82. The lowest BCUT2D eigenvalue weighted by Crippen LogP contribution is -2.50. The van der Waals surface area contributed by atoms with Crippen LogP contribution < -0.4 is 27.2 Å². The fourth-order valence-electron chi connectivity index (χ4n) is 3.52. The van der Waals surface area contributed by atoms with Crippen molar-refractivity contribution in [3.63, 3.8) is 0 Å². The van der Waals surface area contributed by atoms with Gasteiger partial charge in [-0.15, -0.1) is 0 Å². The van der Waals surface area contributed by atoms with E-state index in [2.05, 4.69) is 5.32 Å². The van der Waals surface area contributed by atoms with E-state index in [0.29, 0.717) is 16.7 Å². The Labute approximate surface area is 199 Å². The number of halogens is 3. The number of para-hydroxylation sites is 1. The van der Waals surface area contributed by atoms with Gasteiger partial charge in [0.25, 0.3) is 5.56 Å². The van der Waals surface area contributed by atoms with Crippen molar-refractivity contribution in [3.05, 3.63) is 50.2 Å². The van der Waals surface area contributed by atoms with E-state index < -0.39 is 53.8 Å². The Morgan fingerprint density at radius 1 is 1.14 bits per heavy atom. The van der Waals surface area contributed by atoms with E-state index in [1.165, 1.54) is 7.11 Å². The molecule has 0 aliphatic heterocycles. The van der Waals surface area contributed by atoms with E-state index in [4.69, 9.17) is 10.5 Å². The second kappa shape index (κ2) is 11.2. The van der Waals surface area contributed by atoms with Gasteiger partial charge in [-0.05, 0) is 31.4 Å². The lowest BCUT2D eigenvalue weighted by molar-refractivity contribution is -0.170. The van der Waals surface area contributed by atoms with E-state index in [1.54, 1.807) is 39.0 Å². The van der Waals surface area contributed by atoms with Crippen LogP contribution in [0.4, 0.5) is 30.4 Å². The molecule has 0 spiro atoms. The van der Waals surface area contributed by atoms with Gasteiger partial charge in [0.2, 0.25) is 5.91 Å². The van der Waals surface area contributed by atoms with E-state index >= 15 is 0 Å². The summed E-state index contributed by atoms with van der Waals surface area (Å²) in [4.78, 5) is 51.3. The van der Waals surface area contributed by atoms with Crippen molar-refractivity contribution in [1.82, 2.24) is 9.13 Å². The smallest absolute Gasteiger partial charge is 0.383 e. The molecule has 0 aliphatic carbocycles. The molecular formula is C22H28F3N5O5. The van der Waals surface area contributed by atoms with Gasteiger partial charge in [-0.3, -0.25) is 23.9 Å². The Kier molecular flexibility index (Phi) is 8.85. The lowest BCUT2D eigenvalue weighted by Gasteiger charge is -2.26. The van der Waals surface area contributed by atoms with Gasteiger partial charge in [0.1, 0.15) is 12.4 Å². The number of carbonyl (C=O) groups is 2. The standard InChI is InChI=1S/C22H28F3N5O5/c1-5-9-29-18(26)17(28(10-11-35-4)20(33)22(23,24)25)19(32)30(21(29)34)12-15(31)27-16-13(2)7-6-8-14(16)3/h6-8H,5,9-12,26H2,1-4H3,(H,27,31). The van der Waals surface area contributed by atoms with E-state index in [-0.39, 0.29) is 18.1 Å². The molecule has 0 fully saturated rings. The topological polar surface area (TPSA) is 129 Å². The summed E-state index contributed by atoms with van der Waals surface area (Å²) >= 11 is 0. The average Bonchev–Trinajstić information content (AvgIpc) is 2.78. The van der Waals surface area contributed by atoms with Crippen LogP contribution in [0, 0.1) is 13.8 Å². The molecule has 10 nitrogen and oxygen atoms in total. The van der Waals surface area contributed by atoms with Crippen molar-refractivity contribution in [1.29, 1.82) is 0 Å². The van der Waals surface area contributed by atoms with Crippen molar-refractivity contribution in [2.75, 3.05) is 36.2 Å². The highest BCUT2D eigenvalue weighted by Crippen LogP contribution is 2.25. The van der Waals surface area contributed by atoms with Gasteiger partial charge < -0.3 is 15.8 Å². The number of aromatic nitrogens is 2. The molecule has 0 aliphatic rings. The van der Waals surface area contributed by atoms with Crippen LogP contribution >= 0.6 is 0 Å². The van der Waals surface area contributed by atoms with Crippen molar-refractivity contribution in [2.45, 2.75) is 46.5 Å². The van der Waals surface area contributed by atoms with Crippen LogP contribution in [0.3, 0.4) is 0 Å². The predicted molar refractivity (Wildman–Crippen MR) is 124 cm³/mol. The molecule has 0 saturated carbocycles. The zero-order chi connectivity index (χ0) is 26.5. The normalized spacial score (nSPS) is 11.4. The molecule has 35 heavy (non-hydrogen) atoms. The monoisotopic (exact) mass is 499 g/mol. The first kappa shape index (κ1) is 27.6.